The average Bonchev–Trinajstić information content (AvgIpc) is 3.27. The number of carbonyl (C=O) groups excluding carboxylic acids is 1. The molecule has 1 unspecified atom stereocenters. The maximum absolute atomic E-state index is 13.9. The highest BCUT2D eigenvalue weighted by atomic mass is 32.2. The fourth-order valence-electron chi connectivity index (χ4n) is 4.10. The number of rotatable bonds is 7. The summed E-state index contributed by atoms with van der Waals surface area (Å²) in [6.45, 7) is 6.38. The number of benzene rings is 2. The molecule has 1 aliphatic heterocycles. The number of nitrogens with one attached hydrogen (secondary N) is 1. The van der Waals surface area contributed by atoms with Gasteiger partial charge < -0.3 is 10.1 Å². The number of nitrogens with zero attached hydrogens (tertiary/aromatic N) is 1. The van der Waals surface area contributed by atoms with Gasteiger partial charge >= 0.3 is 0 Å². The van der Waals surface area contributed by atoms with Gasteiger partial charge in [0, 0.05) is 16.5 Å². The van der Waals surface area contributed by atoms with Crippen molar-refractivity contribution in [2.75, 3.05) is 26.5 Å². The third-order valence-corrected chi connectivity index (χ3v) is 6.50. The van der Waals surface area contributed by atoms with E-state index in [-0.39, 0.29) is 23.2 Å². The minimum Gasteiger partial charge on any atom is -0.496 e. The van der Waals surface area contributed by atoms with E-state index in [4.69, 9.17) is 4.74 Å². The first-order valence-electron chi connectivity index (χ1n) is 9.91. The van der Waals surface area contributed by atoms with Crippen LogP contribution in [0.5, 0.6) is 5.75 Å². The van der Waals surface area contributed by atoms with E-state index < -0.39 is 5.82 Å². The van der Waals surface area contributed by atoms with Crippen molar-refractivity contribution in [2.45, 2.75) is 43.2 Å². The van der Waals surface area contributed by atoms with Crippen LogP contribution in [0.25, 0.3) is 0 Å². The van der Waals surface area contributed by atoms with Gasteiger partial charge in [-0.1, -0.05) is 30.3 Å². The van der Waals surface area contributed by atoms with Crippen molar-refractivity contribution in [1.29, 1.82) is 0 Å². The van der Waals surface area contributed by atoms with E-state index in [0.717, 1.165) is 18.7 Å². The van der Waals surface area contributed by atoms with Crippen molar-refractivity contribution in [3.8, 4) is 5.75 Å². The van der Waals surface area contributed by atoms with E-state index in [1.807, 2.05) is 36.6 Å². The smallest absolute Gasteiger partial charge is 0.256 e. The Balaban J connectivity index is 2.00. The van der Waals surface area contributed by atoms with Crippen molar-refractivity contribution in [3.05, 3.63) is 59.4 Å². The number of amides is 1. The minimum atomic E-state index is -0.417. The van der Waals surface area contributed by atoms with Crippen LogP contribution in [0, 0.1) is 5.82 Å². The van der Waals surface area contributed by atoms with Gasteiger partial charge in [-0.25, -0.2) is 4.39 Å². The van der Waals surface area contributed by atoms with Gasteiger partial charge in [-0.15, -0.1) is 11.8 Å². The predicted molar refractivity (Wildman–Crippen MR) is 116 cm³/mol. The molecule has 2 aromatic rings. The second kappa shape index (κ2) is 9.18. The van der Waals surface area contributed by atoms with Gasteiger partial charge in [0.15, 0.2) is 0 Å². The zero-order valence-electron chi connectivity index (χ0n) is 17.5. The van der Waals surface area contributed by atoms with Gasteiger partial charge in [0.05, 0.1) is 18.7 Å². The number of methoxy groups -OCH3 is 1. The molecule has 29 heavy (non-hydrogen) atoms. The van der Waals surface area contributed by atoms with E-state index in [1.165, 1.54) is 43.8 Å². The summed E-state index contributed by atoms with van der Waals surface area (Å²) in [5.74, 6) is -0.426. The summed E-state index contributed by atoms with van der Waals surface area (Å²) in [6, 6.07) is 12.4. The van der Waals surface area contributed by atoms with Crippen LogP contribution in [0.3, 0.4) is 0 Å². The van der Waals surface area contributed by atoms with Crippen LogP contribution in [0.2, 0.25) is 0 Å². The average molecular weight is 417 g/mol. The molecular weight excluding hydrogens is 387 g/mol. The second-order valence-corrected chi connectivity index (χ2v) is 8.70. The molecule has 2 aromatic carbocycles. The van der Waals surface area contributed by atoms with Crippen LogP contribution in [0.1, 0.15) is 48.7 Å². The molecule has 0 aliphatic carbocycles. The van der Waals surface area contributed by atoms with Crippen molar-refractivity contribution >= 4 is 17.7 Å². The van der Waals surface area contributed by atoms with Crippen molar-refractivity contribution in [2.24, 2.45) is 0 Å². The molecule has 4 nitrogen and oxygen atoms in total. The number of halogens is 1. The van der Waals surface area contributed by atoms with Gasteiger partial charge in [-0.2, -0.15) is 0 Å². The minimum absolute atomic E-state index is 0.223. The molecule has 1 aliphatic rings. The van der Waals surface area contributed by atoms with Gasteiger partial charge in [0.1, 0.15) is 11.6 Å². The molecule has 1 N–H and O–H groups in total. The molecule has 1 atom stereocenters. The van der Waals surface area contributed by atoms with Crippen LogP contribution < -0.4 is 10.1 Å². The Morgan fingerprint density at radius 3 is 2.45 bits per heavy atom. The summed E-state index contributed by atoms with van der Waals surface area (Å²) in [5, 5.41) is 3.24. The first-order chi connectivity index (χ1) is 13.9. The summed E-state index contributed by atoms with van der Waals surface area (Å²) < 4.78 is 19.3. The number of ether oxygens (including phenoxy) is 1. The highest BCUT2D eigenvalue weighted by Crippen LogP contribution is 2.36. The maximum Gasteiger partial charge on any atom is 0.256 e. The molecule has 0 saturated carbocycles. The number of thioether (sulfide) groups is 1. The first kappa shape index (κ1) is 21.7. The molecule has 3 rings (SSSR count). The van der Waals surface area contributed by atoms with Crippen LogP contribution in [0.4, 0.5) is 4.39 Å². The molecule has 6 heteroatoms. The van der Waals surface area contributed by atoms with E-state index >= 15 is 0 Å². The standard InChI is InChI=1S/C23H29FN2O2S/c1-23(2,26-12-8-9-13-26)21(16-10-6-5-7-11-16)25-22(27)20-18(28-3)14-17(24)15-19(20)29-4/h5-7,10-11,14-15,21H,8-9,12-13H2,1-4H3,(H,25,27). The van der Waals surface area contributed by atoms with Crippen LogP contribution in [0.15, 0.2) is 47.4 Å². The van der Waals surface area contributed by atoms with Crippen molar-refractivity contribution in [3.63, 3.8) is 0 Å². The Kier molecular flexibility index (Phi) is 6.85. The Morgan fingerprint density at radius 2 is 1.86 bits per heavy atom. The van der Waals surface area contributed by atoms with Crippen LogP contribution in [-0.4, -0.2) is 42.8 Å². The first-order valence-corrected chi connectivity index (χ1v) is 11.1. The maximum atomic E-state index is 13.9. The van der Waals surface area contributed by atoms with E-state index in [2.05, 4.69) is 24.1 Å². The number of hydrogen-bond donors (Lipinski definition) is 1. The SMILES string of the molecule is COc1cc(F)cc(SC)c1C(=O)NC(c1ccccc1)C(C)(C)N1CCCC1. The molecular formula is C23H29FN2O2S. The lowest BCUT2D eigenvalue weighted by molar-refractivity contribution is 0.0773. The molecule has 156 valence electrons. The lowest BCUT2D eigenvalue weighted by atomic mass is 9.86. The van der Waals surface area contributed by atoms with Gasteiger partial charge in [-0.05, 0) is 57.7 Å². The molecule has 1 saturated heterocycles. The third kappa shape index (κ3) is 4.59. The zero-order valence-corrected chi connectivity index (χ0v) is 18.3. The quantitative estimate of drug-likeness (QED) is 0.652. The molecule has 0 radical (unpaired) electrons. The third-order valence-electron chi connectivity index (χ3n) is 5.73. The Bertz CT molecular complexity index is 826. The van der Waals surface area contributed by atoms with E-state index in [0.29, 0.717) is 10.5 Å². The van der Waals surface area contributed by atoms with E-state index in [9.17, 15) is 9.18 Å². The normalized spacial score (nSPS) is 15.9. The fraction of sp³-hybridized carbons (Fsp3) is 0.435. The highest BCUT2D eigenvalue weighted by molar-refractivity contribution is 7.98. The van der Waals surface area contributed by atoms with E-state index in [1.54, 1.807) is 0 Å². The monoisotopic (exact) mass is 416 g/mol. The van der Waals surface area contributed by atoms with Crippen molar-refractivity contribution in [1.82, 2.24) is 10.2 Å². The summed E-state index contributed by atoms with van der Waals surface area (Å²) >= 11 is 1.33. The van der Waals surface area contributed by atoms with Crippen molar-refractivity contribution < 1.29 is 13.9 Å². The Labute approximate surface area is 176 Å². The summed E-state index contributed by atoms with van der Waals surface area (Å²) in [4.78, 5) is 16.4. The second-order valence-electron chi connectivity index (χ2n) is 7.85. The summed E-state index contributed by atoms with van der Waals surface area (Å²) in [5.41, 5.74) is 1.14. The zero-order chi connectivity index (χ0) is 21.0. The highest BCUT2D eigenvalue weighted by Gasteiger charge is 2.39. The van der Waals surface area contributed by atoms with Gasteiger partial charge in [-0.3, -0.25) is 9.69 Å². The number of hydrogen-bond acceptors (Lipinski definition) is 4. The predicted octanol–water partition coefficient (Wildman–Crippen LogP) is 4.90. The molecule has 1 amide bonds. The van der Waals surface area contributed by atoms with Gasteiger partial charge in [0.2, 0.25) is 0 Å². The lowest BCUT2D eigenvalue weighted by Crippen LogP contribution is -2.52. The van der Waals surface area contributed by atoms with Gasteiger partial charge in [0.25, 0.3) is 5.91 Å². The Morgan fingerprint density at radius 1 is 1.21 bits per heavy atom. The fourth-order valence-corrected chi connectivity index (χ4v) is 4.72. The largest absolute Gasteiger partial charge is 0.496 e. The number of likely N-dealkylation sites (tertiary alicyclic amines) is 1. The van der Waals surface area contributed by atoms with Crippen LogP contribution in [-0.2, 0) is 0 Å². The number of carbonyl (C=O) groups is 1. The summed E-state index contributed by atoms with van der Waals surface area (Å²) in [7, 11) is 1.46. The summed E-state index contributed by atoms with van der Waals surface area (Å²) in [6.07, 6.45) is 4.16. The topological polar surface area (TPSA) is 41.6 Å². The Hall–Kier alpha value is -2.05. The molecule has 0 bridgehead atoms. The van der Waals surface area contributed by atoms with Crippen LogP contribution >= 0.6 is 11.8 Å². The molecule has 1 heterocycles. The molecule has 0 aromatic heterocycles. The lowest BCUT2D eigenvalue weighted by Gasteiger charge is -2.42. The molecule has 1 fully saturated rings. The molecule has 0 spiro atoms.